The van der Waals surface area contributed by atoms with Gasteiger partial charge in [0.15, 0.2) is 0 Å². The summed E-state index contributed by atoms with van der Waals surface area (Å²) >= 11 is 5.99. The molecule has 1 N–H and O–H groups in total. The van der Waals surface area contributed by atoms with E-state index in [1.807, 2.05) is 0 Å². The number of hydrogen-bond donors (Lipinski definition) is 1. The minimum absolute atomic E-state index is 0.0647. The molecule has 1 aromatic carbocycles. The molecular weight excluding hydrogens is 318 g/mol. The molecule has 0 bridgehead atoms. The Morgan fingerprint density at radius 2 is 1.96 bits per heavy atom. The molecule has 0 saturated heterocycles. The Morgan fingerprint density at radius 1 is 1.30 bits per heavy atom. The molecule has 0 radical (unpaired) electrons. The molecule has 1 fully saturated rings. The van der Waals surface area contributed by atoms with Crippen molar-refractivity contribution in [2.24, 2.45) is 0 Å². The zero-order valence-electron chi connectivity index (χ0n) is 13.5. The number of rotatable bonds is 5. The molecule has 0 unspecified atom stereocenters. The first-order chi connectivity index (χ1) is 10.9. The lowest BCUT2D eigenvalue weighted by Gasteiger charge is -2.41. The number of aliphatic carboxylic acids is 1. The molecule has 1 aromatic rings. The van der Waals surface area contributed by atoms with Crippen LogP contribution in [0.1, 0.15) is 37.7 Å². The lowest BCUT2D eigenvalue weighted by Crippen LogP contribution is -2.56. The number of benzene rings is 1. The van der Waals surface area contributed by atoms with Crippen LogP contribution in [0.5, 0.6) is 5.75 Å². The number of carbonyl (C=O) groups is 2. The zero-order chi connectivity index (χ0) is 17.0. The fraction of sp³-hybridized carbons (Fsp3) is 0.529. The largest absolute Gasteiger partial charge is 0.496 e. The van der Waals surface area contributed by atoms with Crippen LogP contribution in [0, 0.1) is 0 Å². The highest BCUT2D eigenvalue weighted by Gasteiger charge is 2.45. The summed E-state index contributed by atoms with van der Waals surface area (Å²) in [7, 11) is 3.11. The van der Waals surface area contributed by atoms with Crippen LogP contribution in [0.4, 0.5) is 0 Å². The van der Waals surface area contributed by atoms with Gasteiger partial charge in [-0.05, 0) is 31.0 Å². The van der Waals surface area contributed by atoms with E-state index in [9.17, 15) is 14.7 Å². The van der Waals surface area contributed by atoms with E-state index in [0.717, 1.165) is 19.3 Å². The predicted octanol–water partition coefficient (Wildman–Crippen LogP) is 3.14. The Hall–Kier alpha value is -1.75. The summed E-state index contributed by atoms with van der Waals surface area (Å²) in [6, 6.07) is 5.08. The monoisotopic (exact) mass is 339 g/mol. The Morgan fingerprint density at radius 3 is 2.52 bits per heavy atom. The third-order valence-electron chi connectivity index (χ3n) is 4.68. The average Bonchev–Trinajstić information content (AvgIpc) is 2.54. The second-order valence-corrected chi connectivity index (χ2v) is 6.42. The smallest absolute Gasteiger partial charge is 0.329 e. The predicted molar refractivity (Wildman–Crippen MR) is 87.9 cm³/mol. The Labute approximate surface area is 141 Å². The first-order valence-electron chi connectivity index (χ1n) is 7.73. The van der Waals surface area contributed by atoms with Crippen molar-refractivity contribution in [2.75, 3.05) is 14.2 Å². The van der Waals surface area contributed by atoms with Crippen molar-refractivity contribution in [1.29, 1.82) is 0 Å². The van der Waals surface area contributed by atoms with Crippen molar-refractivity contribution in [3.8, 4) is 5.75 Å². The van der Waals surface area contributed by atoms with Gasteiger partial charge in [-0.25, -0.2) is 4.79 Å². The van der Waals surface area contributed by atoms with Gasteiger partial charge in [0.05, 0.1) is 13.5 Å². The second-order valence-electron chi connectivity index (χ2n) is 5.98. The first kappa shape index (κ1) is 17.6. The van der Waals surface area contributed by atoms with Gasteiger partial charge in [0, 0.05) is 17.6 Å². The lowest BCUT2D eigenvalue weighted by molar-refractivity contribution is -0.160. The summed E-state index contributed by atoms with van der Waals surface area (Å²) in [6.45, 7) is 0. The maximum Gasteiger partial charge on any atom is 0.329 e. The van der Waals surface area contributed by atoms with E-state index in [1.54, 1.807) is 25.2 Å². The first-order valence-corrected chi connectivity index (χ1v) is 8.11. The van der Waals surface area contributed by atoms with E-state index in [0.29, 0.717) is 29.2 Å². The Bertz CT molecular complexity index is 596. The Balaban J connectivity index is 2.22. The summed E-state index contributed by atoms with van der Waals surface area (Å²) < 4.78 is 5.25. The highest BCUT2D eigenvalue weighted by Crippen LogP contribution is 2.34. The minimum Gasteiger partial charge on any atom is -0.496 e. The van der Waals surface area contributed by atoms with Crippen LogP contribution in [-0.4, -0.2) is 41.6 Å². The summed E-state index contributed by atoms with van der Waals surface area (Å²) in [5.41, 5.74) is -0.436. The van der Waals surface area contributed by atoms with E-state index in [1.165, 1.54) is 12.0 Å². The highest BCUT2D eigenvalue weighted by atomic mass is 35.5. The molecule has 6 heteroatoms. The maximum atomic E-state index is 12.7. The second kappa shape index (κ2) is 7.21. The van der Waals surface area contributed by atoms with Gasteiger partial charge < -0.3 is 14.7 Å². The molecule has 0 heterocycles. The summed E-state index contributed by atoms with van der Waals surface area (Å²) in [6.07, 6.45) is 3.72. The average molecular weight is 340 g/mol. The van der Waals surface area contributed by atoms with Gasteiger partial charge in [0.1, 0.15) is 11.3 Å². The maximum absolute atomic E-state index is 12.7. The van der Waals surface area contributed by atoms with Gasteiger partial charge in [-0.2, -0.15) is 0 Å². The van der Waals surface area contributed by atoms with Crippen LogP contribution in [0.15, 0.2) is 18.2 Å². The van der Waals surface area contributed by atoms with Crippen LogP contribution >= 0.6 is 11.6 Å². The van der Waals surface area contributed by atoms with Crippen molar-refractivity contribution in [3.63, 3.8) is 0 Å². The molecule has 0 aliphatic heterocycles. The van der Waals surface area contributed by atoms with Gasteiger partial charge in [-0.1, -0.05) is 30.9 Å². The molecule has 0 atom stereocenters. The molecule has 23 heavy (non-hydrogen) atoms. The van der Waals surface area contributed by atoms with Crippen molar-refractivity contribution >= 4 is 23.5 Å². The molecule has 0 aromatic heterocycles. The number of likely N-dealkylation sites (N-methyl/N-ethyl adjacent to an activating group) is 1. The summed E-state index contributed by atoms with van der Waals surface area (Å²) in [5, 5.41) is 10.2. The van der Waals surface area contributed by atoms with Crippen LogP contribution < -0.4 is 4.74 Å². The van der Waals surface area contributed by atoms with E-state index in [-0.39, 0.29) is 12.3 Å². The SMILES string of the molecule is COc1ccc(Cl)cc1CC(=O)N(C)C1(C(=O)O)CCCCC1. The van der Waals surface area contributed by atoms with Crippen molar-refractivity contribution in [2.45, 2.75) is 44.1 Å². The molecule has 1 aliphatic carbocycles. The minimum atomic E-state index is -1.10. The van der Waals surface area contributed by atoms with E-state index in [4.69, 9.17) is 16.3 Å². The number of halogens is 1. The number of carboxylic acids is 1. The third kappa shape index (κ3) is 3.61. The van der Waals surface area contributed by atoms with Crippen LogP contribution in [0.25, 0.3) is 0 Å². The van der Waals surface area contributed by atoms with Gasteiger partial charge >= 0.3 is 5.97 Å². The van der Waals surface area contributed by atoms with Crippen LogP contribution in [0.3, 0.4) is 0 Å². The summed E-state index contributed by atoms with van der Waals surface area (Å²) in [5.74, 6) is -0.592. The van der Waals surface area contributed by atoms with E-state index in [2.05, 4.69) is 0 Å². The number of carboxylic acid groups (broad SMARTS) is 1. The molecule has 2 rings (SSSR count). The molecule has 1 aliphatic rings. The number of amides is 1. The molecule has 5 nitrogen and oxygen atoms in total. The highest BCUT2D eigenvalue weighted by molar-refractivity contribution is 6.30. The van der Waals surface area contributed by atoms with Crippen molar-refractivity contribution in [3.05, 3.63) is 28.8 Å². The third-order valence-corrected chi connectivity index (χ3v) is 4.91. The van der Waals surface area contributed by atoms with Crippen molar-refractivity contribution < 1.29 is 19.4 Å². The summed E-state index contributed by atoms with van der Waals surface area (Å²) in [4.78, 5) is 25.9. The van der Waals surface area contributed by atoms with Crippen molar-refractivity contribution in [1.82, 2.24) is 4.90 Å². The van der Waals surface area contributed by atoms with Gasteiger partial charge in [-0.3, -0.25) is 4.79 Å². The number of carbonyl (C=O) groups excluding carboxylic acids is 1. The molecule has 0 spiro atoms. The number of methoxy groups -OCH3 is 1. The molecule has 1 amide bonds. The lowest BCUT2D eigenvalue weighted by atomic mass is 9.80. The van der Waals surface area contributed by atoms with Crippen LogP contribution in [0.2, 0.25) is 5.02 Å². The van der Waals surface area contributed by atoms with Gasteiger partial charge in [0.2, 0.25) is 5.91 Å². The van der Waals surface area contributed by atoms with E-state index >= 15 is 0 Å². The fourth-order valence-electron chi connectivity index (χ4n) is 3.23. The molecule has 1 saturated carbocycles. The van der Waals surface area contributed by atoms with Gasteiger partial charge in [0.25, 0.3) is 0 Å². The molecular formula is C17H22ClNO4. The van der Waals surface area contributed by atoms with Crippen LogP contribution in [-0.2, 0) is 16.0 Å². The van der Waals surface area contributed by atoms with Gasteiger partial charge in [-0.15, -0.1) is 0 Å². The molecule has 126 valence electrons. The number of ether oxygens (including phenoxy) is 1. The quantitative estimate of drug-likeness (QED) is 0.895. The normalized spacial score (nSPS) is 16.7. The van der Waals surface area contributed by atoms with E-state index < -0.39 is 11.5 Å². The number of hydrogen-bond acceptors (Lipinski definition) is 3. The Kier molecular flexibility index (Phi) is 5.52. The topological polar surface area (TPSA) is 66.8 Å². The zero-order valence-corrected chi connectivity index (χ0v) is 14.2. The fourth-order valence-corrected chi connectivity index (χ4v) is 3.43. The standard InChI is InChI=1S/C17H22ClNO4/c1-19(17(16(21)22)8-4-3-5-9-17)15(20)11-12-10-13(18)6-7-14(12)23-2/h6-7,10H,3-5,8-9,11H2,1-2H3,(H,21,22). The number of nitrogens with zero attached hydrogens (tertiary/aromatic N) is 1.